The van der Waals surface area contributed by atoms with E-state index in [0.717, 1.165) is 30.0 Å². The summed E-state index contributed by atoms with van der Waals surface area (Å²) in [6.45, 7) is 3.08. The summed E-state index contributed by atoms with van der Waals surface area (Å²) >= 11 is 1.84. The van der Waals surface area contributed by atoms with Gasteiger partial charge in [0.15, 0.2) is 5.65 Å². The van der Waals surface area contributed by atoms with Crippen molar-refractivity contribution in [3.8, 4) is 0 Å². The molecule has 5 heteroatoms. The largest absolute Gasteiger partial charge is 0.339 e. The molecule has 0 aliphatic carbocycles. The van der Waals surface area contributed by atoms with E-state index in [0.29, 0.717) is 0 Å². The van der Waals surface area contributed by atoms with Crippen molar-refractivity contribution in [1.29, 1.82) is 0 Å². The van der Waals surface area contributed by atoms with Crippen LogP contribution in [0.3, 0.4) is 0 Å². The summed E-state index contributed by atoms with van der Waals surface area (Å²) in [7, 11) is 0. The molecule has 0 radical (unpaired) electrons. The number of hydrogen-bond acceptors (Lipinski definition) is 4. The number of hydrogen-bond donors (Lipinski definition) is 2. The standard InChI is InChI=1S/C14H14N4S/c1-8-2-5-16-13-11(8)17-14(18-13)12-9-4-7-19-10(9)3-6-15-12/h2,4-5,7,12,15H,3,6H2,1H3,(H,16,17,18). The molecule has 4 rings (SSSR count). The second-order valence-electron chi connectivity index (χ2n) is 4.88. The van der Waals surface area contributed by atoms with Crippen LogP contribution in [0.5, 0.6) is 0 Å². The second kappa shape index (κ2) is 4.15. The lowest BCUT2D eigenvalue weighted by Gasteiger charge is -2.22. The zero-order chi connectivity index (χ0) is 12.8. The fourth-order valence-electron chi connectivity index (χ4n) is 2.68. The van der Waals surface area contributed by atoms with Crippen molar-refractivity contribution in [3.63, 3.8) is 0 Å². The van der Waals surface area contributed by atoms with Crippen molar-refractivity contribution in [2.24, 2.45) is 0 Å². The van der Waals surface area contributed by atoms with Crippen LogP contribution in [-0.4, -0.2) is 21.5 Å². The molecule has 1 aliphatic heterocycles. The van der Waals surface area contributed by atoms with Crippen LogP contribution in [0.2, 0.25) is 0 Å². The van der Waals surface area contributed by atoms with E-state index in [4.69, 9.17) is 0 Å². The maximum Gasteiger partial charge on any atom is 0.178 e. The highest BCUT2D eigenvalue weighted by Gasteiger charge is 2.25. The van der Waals surface area contributed by atoms with Gasteiger partial charge in [0.1, 0.15) is 5.82 Å². The average Bonchev–Trinajstić information content (AvgIpc) is 3.05. The molecule has 3 aromatic heterocycles. The Kier molecular flexibility index (Phi) is 2.43. The number of fused-ring (bicyclic) bond motifs is 2. The quantitative estimate of drug-likeness (QED) is 0.714. The van der Waals surface area contributed by atoms with E-state index in [2.05, 4.69) is 38.6 Å². The fourth-order valence-corrected chi connectivity index (χ4v) is 3.61. The number of H-pyrrole nitrogens is 1. The first kappa shape index (κ1) is 11.1. The molecule has 0 aromatic carbocycles. The van der Waals surface area contributed by atoms with E-state index in [1.54, 1.807) is 0 Å². The number of rotatable bonds is 1. The molecule has 96 valence electrons. The molecule has 2 N–H and O–H groups in total. The van der Waals surface area contributed by atoms with Gasteiger partial charge in [-0.1, -0.05) is 0 Å². The van der Waals surface area contributed by atoms with Gasteiger partial charge in [0, 0.05) is 17.6 Å². The Hall–Kier alpha value is -1.72. The molecule has 0 saturated heterocycles. The molecule has 4 heterocycles. The Balaban J connectivity index is 1.86. The van der Waals surface area contributed by atoms with Crippen molar-refractivity contribution in [2.75, 3.05) is 6.54 Å². The minimum Gasteiger partial charge on any atom is -0.339 e. The van der Waals surface area contributed by atoms with Gasteiger partial charge in [-0.15, -0.1) is 11.3 Å². The maximum absolute atomic E-state index is 4.65. The van der Waals surface area contributed by atoms with Gasteiger partial charge in [-0.25, -0.2) is 9.97 Å². The summed E-state index contributed by atoms with van der Waals surface area (Å²) < 4.78 is 0. The highest BCUT2D eigenvalue weighted by atomic mass is 32.1. The molecule has 0 fully saturated rings. The Bertz CT molecular complexity index is 743. The highest BCUT2D eigenvalue weighted by molar-refractivity contribution is 7.10. The van der Waals surface area contributed by atoms with Crippen LogP contribution in [0, 0.1) is 6.92 Å². The Morgan fingerprint density at radius 2 is 2.32 bits per heavy atom. The van der Waals surface area contributed by atoms with Gasteiger partial charge in [-0.3, -0.25) is 0 Å². The summed E-state index contributed by atoms with van der Waals surface area (Å²) in [5, 5.41) is 5.71. The Morgan fingerprint density at radius 3 is 3.21 bits per heavy atom. The zero-order valence-corrected chi connectivity index (χ0v) is 11.4. The van der Waals surface area contributed by atoms with Crippen LogP contribution in [0.4, 0.5) is 0 Å². The Morgan fingerprint density at radius 1 is 1.37 bits per heavy atom. The normalized spacial score (nSPS) is 18.7. The predicted molar refractivity (Wildman–Crippen MR) is 76.5 cm³/mol. The monoisotopic (exact) mass is 270 g/mol. The number of aryl methyl sites for hydroxylation is 1. The molecular weight excluding hydrogens is 256 g/mol. The van der Waals surface area contributed by atoms with E-state index in [1.165, 1.54) is 16.0 Å². The van der Waals surface area contributed by atoms with Crippen LogP contribution in [0.1, 0.15) is 27.9 Å². The number of imidazole rings is 1. The first-order valence-electron chi connectivity index (χ1n) is 6.44. The first-order chi connectivity index (χ1) is 9.33. The lowest BCUT2D eigenvalue weighted by atomic mass is 10.0. The van der Waals surface area contributed by atoms with Gasteiger partial charge in [-0.05, 0) is 42.0 Å². The number of nitrogens with one attached hydrogen (secondary N) is 2. The summed E-state index contributed by atoms with van der Waals surface area (Å²) in [4.78, 5) is 13.9. The maximum atomic E-state index is 4.65. The molecule has 0 saturated carbocycles. The third-order valence-corrected chi connectivity index (χ3v) is 4.68. The third kappa shape index (κ3) is 1.69. The highest BCUT2D eigenvalue weighted by Crippen LogP contribution is 2.31. The fraction of sp³-hybridized carbons (Fsp3) is 0.286. The first-order valence-corrected chi connectivity index (χ1v) is 7.32. The molecule has 3 aromatic rings. The molecular formula is C14H14N4S. The van der Waals surface area contributed by atoms with E-state index in [1.807, 2.05) is 23.6 Å². The van der Waals surface area contributed by atoms with E-state index < -0.39 is 0 Å². The lowest BCUT2D eigenvalue weighted by molar-refractivity contribution is 0.555. The van der Waals surface area contributed by atoms with Crippen molar-refractivity contribution in [3.05, 3.63) is 45.5 Å². The predicted octanol–water partition coefficient (Wildman–Crippen LogP) is 2.56. The summed E-state index contributed by atoms with van der Waals surface area (Å²) in [6, 6.07) is 4.38. The molecule has 4 nitrogen and oxygen atoms in total. The average molecular weight is 270 g/mol. The van der Waals surface area contributed by atoms with E-state index in [9.17, 15) is 0 Å². The Labute approximate surface area is 114 Å². The minimum absolute atomic E-state index is 0.170. The zero-order valence-electron chi connectivity index (χ0n) is 10.6. The van der Waals surface area contributed by atoms with Gasteiger partial charge >= 0.3 is 0 Å². The van der Waals surface area contributed by atoms with E-state index >= 15 is 0 Å². The SMILES string of the molecule is Cc1ccnc2nc(C3NCCc4sccc43)[nH]c12. The third-order valence-electron chi connectivity index (χ3n) is 3.68. The van der Waals surface area contributed by atoms with Crippen molar-refractivity contribution >= 4 is 22.5 Å². The summed E-state index contributed by atoms with van der Waals surface area (Å²) in [5.74, 6) is 0.969. The number of thiophene rings is 1. The smallest absolute Gasteiger partial charge is 0.178 e. The molecule has 1 aliphatic rings. The molecule has 1 unspecified atom stereocenters. The molecule has 0 amide bonds. The van der Waals surface area contributed by atoms with Gasteiger partial charge in [0.25, 0.3) is 0 Å². The summed E-state index contributed by atoms with van der Waals surface area (Å²) in [6.07, 6.45) is 2.92. The molecule has 0 bridgehead atoms. The van der Waals surface area contributed by atoms with Crippen LogP contribution in [-0.2, 0) is 6.42 Å². The van der Waals surface area contributed by atoms with Crippen molar-refractivity contribution < 1.29 is 0 Å². The van der Waals surface area contributed by atoms with Gasteiger partial charge in [0.05, 0.1) is 11.6 Å². The molecule has 19 heavy (non-hydrogen) atoms. The minimum atomic E-state index is 0.170. The number of nitrogens with zero attached hydrogens (tertiary/aromatic N) is 2. The van der Waals surface area contributed by atoms with Crippen molar-refractivity contribution in [2.45, 2.75) is 19.4 Å². The van der Waals surface area contributed by atoms with E-state index in [-0.39, 0.29) is 6.04 Å². The second-order valence-corrected chi connectivity index (χ2v) is 5.89. The lowest BCUT2D eigenvalue weighted by Crippen LogP contribution is -2.30. The topological polar surface area (TPSA) is 53.6 Å². The summed E-state index contributed by atoms with van der Waals surface area (Å²) in [5.41, 5.74) is 4.39. The van der Waals surface area contributed by atoms with Crippen LogP contribution < -0.4 is 5.32 Å². The van der Waals surface area contributed by atoms with Crippen LogP contribution in [0.15, 0.2) is 23.7 Å². The van der Waals surface area contributed by atoms with Crippen molar-refractivity contribution in [1.82, 2.24) is 20.3 Å². The van der Waals surface area contributed by atoms with Gasteiger partial charge < -0.3 is 10.3 Å². The van der Waals surface area contributed by atoms with Gasteiger partial charge in [0.2, 0.25) is 0 Å². The number of aromatic amines is 1. The molecule has 1 atom stereocenters. The van der Waals surface area contributed by atoms with Gasteiger partial charge in [-0.2, -0.15) is 0 Å². The molecule has 0 spiro atoms. The number of pyridine rings is 1. The number of aromatic nitrogens is 3. The van der Waals surface area contributed by atoms with Crippen LogP contribution >= 0.6 is 11.3 Å². The van der Waals surface area contributed by atoms with Crippen LogP contribution in [0.25, 0.3) is 11.2 Å².